The Bertz CT molecular complexity index is 456. The molecule has 0 saturated carbocycles. The van der Waals surface area contributed by atoms with Gasteiger partial charge < -0.3 is 29.8 Å². The Kier molecular flexibility index (Phi) is 9.46. The Hall–Kier alpha value is -1.19. The molecule has 0 aliphatic rings. The van der Waals surface area contributed by atoms with E-state index >= 15 is 0 Å². The minimum absolute atomic E-state index is 0.666. The maximum Gasteiger partial charge on any atom is 0.631 e. The van der Waals surface area contributed by atoms with Crippen molar-refractivity contribution in [3.05, 3.63) is 24.0 Å². The summed E-state index contributed by atoms with van der Waals surface area (Å²) in [6, 6.07) is 3.91. The van der Waals surface area contributed by atoms with Crippen molar-refractivity contribution in [3.63, 3.8) is 0 Å². The molecule has 4 N–H and O–H groups in total. The number of nitrogens with zero attached hydrogens (tertiary/aromatic N) is 2. The highest BCUT2D eigenvalue weighted by atomic mass is 16.5. The summed E-state index contributed by atoms with van der Waals surface area (Å²) in [6.45, 7) is 8.30. The summed E-state index contributed by atoms with van der Waals surface area (Å²) in [4.78, 5) is 6.59. The smallest absolute Gasteiger partial charge is 0.483 e. The van der Waals surface area contributed by atoms with Gasteiger partial charge in [-0.1, -0.05) is 0 Å². The normalized spacial score (nSPS) is 11.8. The first kappa shape index (κ1) is 22.8. The van der Waals surface area contributed by atoms with Crippen molar-refractivity contribution < 1.29 is 24.9 Å². The van der Waals surface area contributed by atoms with Crippen molar-refractivity contribution in [3.8, 4) is 5.75 Å². The summed E-state index contributed by atoms with van der Waals surface area (Å²) >= 11 is 0. The lowest BCUT2D eigenvalue weighted by Gasteiger charge is -2.37. The predicted octanol–water partition coefficient (Wildman–Crippen LogP) is 0.452. The van der Waals surface area contributed by atoms with Crippen LogP contribution < -0.4 is 4.74 Å². The lowest BCUT2D eigenvalue weighted by Crippen LogP contribution is -2.49. The highest BCUT2D eigenvalue weighted by Crippen LogP contribution is 2.27. The Morgan fingerprint density at radius 1 is 1.12 bits per heavy atom. The van der Waals surface area contributed by atoms with Crippen molar-refractivity contribution in [1.29, 1.82) is 0 Å². The summed E-state index contributed by atoms with van der Waals surface area (Å²) in [5.74, 6) is 0.688. The summed E-state index contributed by atoms with van der Waals surface area (Å²) in [5.41, 5.74) is -0.515. The minimum Gasteiger partial charge on any atom is -0.483 e. The Morgan fingerprint density at radius 3 is 2.04 bits per heavy atom. The van der Waals surface area contributed by atoms with Crippen LogP contribution in [0.2, 0.25) is 0 Å². The van der Waals surface area contributed by atoms with Crippen molar-refractivity contribution in [2.75, 3.05) is 20.6 Å². The van der Waals surface area contributed by atoms with E-state index in [9.17, 15) is 5.11 Å². The van der Waals surface area contributed by atoms with Crippen LogP contribution in [0.5, 0.6) is 5.75 Å². The van der Waals surface area contributed by atoms with E-state index in [0.29, 0.717) is 5.75 Å². The van der Waals surface area contributed by atoms with Gasteiger partial charge >= 0.3 is 7.32 Å². The molecule has 1 aromatic heterocycles. The van der Waals surface area contributed by atoms with Crippen LogP contribution in [-0.2, 0) is 6.42 Å². The van der Waals surface area contributed by atoms with E-state index in [4.69, 9.17) is 19.8 Å². The molecule has 24 heavy (non-hydrogen) atoms. The molecule has 0 atom stereocenters. The van der Waals surface area contributed by atoms with Crippen LogP contribution in [0.15, 0.2) is 18.3 Å². The monoisotopic (exact) mass is 342 g/mol. The van der Waals surface area contributed by atoms with Gasteiger partial charge in [0.05, 0.1) is 11.8 Å². The molecule has 0 amide bonds. The van der Waals surface area contributed by atoms with Gasteiger partial charge in [0.1, 0.15) is 11.4 Å². The molecule has 0 radical (unpaired) electrons. The van der Waals surface area contributed by atoms with Crippen LogP contribution in [0.3, 0.4) is 0 Å². The molecule has 1 heterocycles. The van der Waals surface area contributed by atoms with Gasteiger partial charge in [-0.25, -0.2) is 0 Å². The zero-order valence-electron chi connectivity index (χ0n) is 15.5. The number of ether oxygens (including phenoxy) is 1. The fraction of sp³-hybridized carbons (Fsp3) is 0.688. The third-order valence-corrected chi connectivity index (χ3v) is 3.68. The van der Waals surface area contributed by atoms with E-state index in [1.54, 1.807) is 20.0 Å². The predicted molar refractivity (Wildman–Crippen MR) is 94.5 cm³/mol. The second kappa shape index (κ2) is 9.95. The maximum absolute atomic E-state index is 10.1. The number of aryl methyl sites for hydroxylation is 1. The molecular weight excluding hydrogens is 311 g/mol. The minimum atomic E-state index is -2.17. The fourth-order valence-corrected chi connectivity index (χ4v) is 1.62. The average Bonchev–Trinajstić information content (AvgIpc) is 2.38. The molecule has 8 heteroatoms. The first-order valence-electron chi connectivity index (χ1n) is 7.90. The van der Waals surface area contributed by atoms with Crippen molar-refractivity contribution in [1.82, 2.24) is 9.88 Å². The fourth-order valence-electron chi connectivity index (χ4n) is 1.62. The molecule has 0 aliphatic heterocycles. The quantitative estimate of drug-likeness (QED) is 0.533. The van der Waals surface area contributed by atoms with Gasteiger partial charge in [-0.3, -0.25) is 4.98 Å². The standard InChI is InChI=1S/C16H28N2O2.BH3O3/c1-15(2,19)16(3,4)20-14-10-9-13(17-12-14)8-7-11-18(5)6;2-1(3)4/h9-10,12,19H,7-8,11H2,1-6H3;2-4H. The number of hydrogen-bond acceptors (Lipinski definition) is 7. The first-order chi connectivity index (χ1) is 10.8. The van der Waals surface area contributed by atoms with E-state index < -0.39 is 18.5 Å². The van der Waals surface area contributed by atoms with Crippen LogP contribution in [-0.4, -0.2) is 69.2 Å². The van der Waals surface area contributed by atoms with Crippen molar-refractivity contribution in [2.45, 2.75) is 51.7 Å². The van der Waals surface area contributed by atoms with Crippen molar-refractivity contribution >= 4 is 7.32 Å². The summed E-state index contributed by atoms with van der Waals surface area (Å²) in [7, 11) is 1.98. The van der Waals surface area contributed by atoms with Crippen molar-refractivity contribution in [2.24, 2.45) is 0 Å². The molecular formula is C16H31BN2O5. The summed E-state index contributed by atoms with van der Waals surface area (Å²) in [5, 5.41) is 31.6. The third-order valence-electron chi connectivity index (χ3n) is 3.68. The molecule has 1 aromatic rings. The molecule has 138 valence electrons. The summed E-state index contributed by atoms with van der Waals surface area (Å²) in [6.07, 6.45) is 3.79. The molecule has 0 fully saturated rings. The SMILES string of the molecule is CN(C)CCCc1ccc(OC(C)(C)C(C)(C)O)cn1.OB(O)O. The van der Waals surface area contributed by atoms with E-state index in [0.717, 1.165) is 25.1 Å². The maximum atomic E-state index is 10.1. The highest BCUT2D eigenvalue weighted by Gasteiger charge is 2.37. The number of hydrogen-bond donors (Lipinski definition) is 4. The van der Waals surface area contributed by atoms with Crippen LogP contribution in [0.4, 0.5) is 0 Å². The number of pyridine rings is 1. The third kappa shape index (κ3) is 9.84. The van der Waals surface area contributed by atoms with Gasteiger partial charge in [0.2, 0.25) is 0 Å². The van der Waals surface area contributed by atoms with E-state index in [1.807, 2.05) is 26.0 Å². The van der Waals surface area contributed by atoms with E-state index in [2.05, 4.69) is 24.0 Å². The highest BCUT2D eigenvalue weighted by molar-refractivity contribution is 6.30. The zero-order chi connectivity index (χ0) is 19.0. The Balaban J connectivity index is 0.00000118. The van der Waals surface area contributed by atoms with Gasteiger partial charge in [0, 0.05) is 5.69 Å². The number of aliphatic hydroxyl groups is 1. The van der Waals surface area contributed by atoms with Crippen LogP contribution >= 0.6 is 0 Å². The van der Waals surface area contributed by atoms with E-state index in [1.165, 1.54) is 0 Å². The average molecular weight is 342 g/mol. The molecule has 0 saturated heterocycles. The van der Waals surface area contributed by atoms with Crippen LogP contribution in [0.1, 0.15) is 39.8 Å². The van der Waals surface area contributed by atoms with Crippen LogP contribution in [0.25, 0.3) is 0 Å². The second-order valence-corrected chi connectivity index (χ2v) is 6.91. The molecule has 0 unspecified atom stereocenters. The Morgan fingerprint density at radius 2 is 1.67 bits per heavy atom. The molecule has 7 nitrogen and oxygen atoms in total. The van der Waals surface area contributed by atoms with Gasteiger partial charge in [-0.05, 0) is 73.3 Å². The first-order valence-corrected chi connectivity index (χ1v) is 7.90. The van der Waals surface area contributed by atoms with Gasteiger partial charge in [-0.15, -0.1) is 0 Å². The molecule has 0 aromatic carbocycles. The number of aromatic nitrogens is 1. The number of rotatable bonds is 7. The van der Waals surface area contributed by atoms with Crippen LogP contribution in [0, 0.1) is 0 Å². The topological polar surface area (TPSA) is 106 Å². The molecule has 0 bridgehead atoms. The van der Waals surface area contributed by atoms with Gasteiger partial charge in [0.25, 0.3) is 0 Å². The van der Waals surface area contributed by atoms with Gasteiger partial charge in [-0.2, -0.15) is 0 Å². The molecule has 1 rings (SSSR count). The molecule has 0 spiro atoms. The Labute approximate surface area is 145 Å². The lowest BCUT2D eigenvalue weighted by atomic mass is 9.89. The van der Waals surface area contributed by atoms with E-state index in [-0.39, 0.29) is 0 Å². The second-order valence-electron chi connectivity index (χ2n) is 6.91. The largest absolute Gasteiger partial charge is 0.631 e. The zero-order valence-corrected chi connectivity index (χ0v) is 15.5. The van der Waals surface area contributed by atoms with Gasteiger partial charge in [0.15, 0.2) is 0 Å². The lowest BCUT2D eigenvalue weighted by molar-refractivity contribution is -0.0908. The summed E-state index contributed by atoms with van der Waals surface area (Å²) < 4.78 is 5.84. The molecule has 0 aliphatic carbocycles.